The van der Waals surface area contributed by atoms with E-state index < -0.39 is 24.0 Å². The van der Waals surface area contributed by atoms with Gasteiger partial charge in [0.1, 0.15) is 24.9 Å². The van der Waals surface area contributed by atoms with Gasteiger partial charge in [0.25, 0.3) is 0 Å². The van der Waals surface area contributed by atoms with Crippen LogP contribution in [0, 0.1) is 19.7 Å². The summed E-state index contributed by atoms with van der Waals surface area (Å²) in [5, 5.41) is 0. The highest BCUT2D eigenvalue weighted by Crippen LogP contribution is 2.31. The molecule has 1 aliphatic rings. The predicted molar refractivity (Wildman–Crippen MR) is 118 cm³/mol. The van der Waals surface area contributed by atoms with Crippen molar-refractivity contribution in [3.05, 3.63) is 59.7 Å². The molecular formula is C24H23FN3O5+. The number of anilines is 1. The Morgan fingerprint density at radius 1 is 1.24 bits per heavy atom. The lowest BCUT2D eigenvalue weighted by molar-refractivity contribution is -0.437. The Hall–Kier alpha value is -4.01. The summed E-state index contributed by atoms with van der Waals surface area (Å²) in [5.41, 5.74) is 3.05. The van der Waals surface area contributed by atoms with Crippen LogP contribution in [0.5, 0.6) is 0 Å². The van der Waals surface area contributed by atoms with Crippen LogP contribution in [0.4, 0.5) is 14.9 Å². The van der Waals surface area contributed by atoms with Crippen molar-refractivity contribution in [1.82, 2.24) is 4.98 Å². The second-order valence-electron chi connectivity index (χ2n) is 7.63. The van der Waals surface area contributed by atoms with Crippen molar-refractivity contribution < 1.29 is 32.9 Å². The number of hydrogen-bond acceptors (Lipinski definition) is 6. The van der Waals surface area contributed by atoms with Gasteiger partial charge in [0, 0.05) is 11.1 Å². The average Bonchev–Trinajstić information content (AvgIpc) is 3.34. The number of esters is 1. The molecule has 8 nitrogen and oxygen atoms in total. The van der Waals surface area contributed by atoms with Gasteiger partial charge >= 0.3 is 12.1 Å². The van der Waals surface area contributed by atoms with Gasteiger partial charge in [0.2, 0.25) is 12.4 Å². The molecule has 1 aliphatic heterocycles. The van der Waals surface area contributed by atoms with Crippen LogP contribution in [-0.4, -0.2) is 49.6 Å². The fraction of sp³-hybridized carbons (Fsp3) is 0.250. The Morgan fingerprint density at radius 2 is 1.97 bits per heavy atom. The standard InChI is InChI=1S/C24H22FN3O5/c1-14-15(2)32-23(27-14)17-6-4-16(5-7-17)20-9-8-18(10-21(20)25)28-12-19(33-24(28)30)13-31-22(29)11-26-3/h4-10,19H,3,11-13H2,1-2H3/p+1/t19-/m1/s1. The number of amides is 1. The molecule has 1 aromatic heterocycles. The van der Waals surface area contributed by atoms with Gasteiger partial charge in [-0.1, -0.05) is 12.1 Å². The molecule has 1 amide bonds. The summed E-state index contributed by atoms with van der Waals surface area (Å²) in [4.78, 5) is 31.8. The molecule has 0 saturated carbocycles. The first kappa shape index (κ1) is 22.2. The van der Waals surface area contributed by atoms with Gasteiger partial charge in [-0.3, -0.25) is 4.90 Å². The van der Waals surface area contributed by atoms with Gasteiger partial charge < -0.3 is 13.9 Å². The molecule has 0 unspecified atom stereocenters. The summed E-state index contributed by atoms with van der Waals surface area (Å²) < 4.78 is 30.8. The van der Waals surface area contributed by atoms with E-state index >= 15 is 0 Å². The third-order valence-electron chi connectivity index (χ3n) is 5.31. The normalized spacial score (nSPS) is 15.4. The maximum Gasteiger partial charge on any atom is 0.414 e. The zero-order valence-electron chi connectivity index (χ0n) is 18.3. The molecule has 0 radical (unpaired) electrons. The van der Waals surface area contributed by atoms with Crippen LogP contribution >= 0.6 is 0 Å². The quantitative estimate of drug-likeness (QED) is 0.437. The Bertz CT molecular complexity index is 1190. The summed E-state index contributed by atoms with van der Waals surface area (Å²) in [5.74, 6) is 0.288. The van der Waals surface area contributed by atoms with Gasteiger partial charge in [-0.2, -0.15) is 0 Å². The number of ether oxygens (including phenoxy) is 2. The number of carbonyl (C=O) groups excluding carboxylic acids is 2. The van der Waals surface area contributed by atoms with Crippen LogP contribution in [-0.2, 0) is 14.3 Å². The van der Waals surface area contributed by atoms with Gasteiger partial charge in [0.15, 0.2) is 6.10 Å². The second kappa shape index (κ2) is 9.23. The van der Waals surface area contributed by atoms with E-state index in [1.165, 1.54) is 11.0 Å². The maximum absolute atomic E-state index is 14.9. The highest BCUT2D eigenvalue weighted by molar-refractivity contribution is 5.90. The minimum Gasteiger partial charge on any atom is -0.457 e. The smallest absolute Gasteiger partial charge is 0.414 e. The summed E-state index contributed by atoms with van der Waals surface area (Å²) in [6.45, 7) is 7.08. The lowest BCUT2D eigenvalue weighted by Crippen LogP contribution is -2.68. The minimum absolute atomic E-state index is 0.0463. The molecule has 0 aliphatic carbocycles. The van der Waals surface area contributed by atoms with Crippen molar-refractivity contribution in [3.63, 3.8) is 0 Å². The highest BCUT2D eigenvalue weighted by atomic mass is 19.1. The maximum atomic E-state index is 14.9. The average molecular weight is 452 g/mol. The van der Waals surface area contributed by atoms with Crippen molar-refractivity contribution in [3.8, 4) is 22.6 Å². The minimum atomic E-state index is -0.635. The molecule has 9 heteroatoms. The summed E-state index contributed by atoms with van der Waals surface area (Å²) in [6, 6.07) is 11.8. The molecule has 170 valence electrons. The molecule has 1 saturated heterocycles. The van der Waals surface area contributed by atoms with Crippen LogP contribution in [0.1, 0.15) is 11.5 Å². The summed E-state index contributed by atoms with van der Waals surface area (Å²) >= 11 is 0. The third-order valence-corrected chi connectivity index (χ3v) is 5.31. The monoisotopic (exact) mass is 452 g/mol. The highest BCUT2D eigenvalue weighted by Gasteiger charge is 2.33. The number of halogens is 1. The van der Waals surface area contributed by atoms with E-state index in [9.17, 15) is 14.0 Å². The molecule has 4 rings (SSSR count). The molecular weight excluding hydrogens is 429 g/mol. The zero-order chi connectivity index (χ0) is 23.5. The van der Waals surface area contributed by atoms with Gasteiger partial charge in [-0.05, 0) is 49.7 Å². The third kappa shape index (κ3) is 4.77. The Kier molecular flexibility index (Phi) is 6.21. The van der Waals surface area contributed by atoms with Crippen molar-refractivity contribution in [1.29, 1.82) is 0 Å². The molecule has 3 aromatic rings. The van der Waals surface area contributed by atoms with Gasteiger partial charge in [-0.25, -0.2) is 24.0 Å². The van der Waals surface area contributed by atoms with Crippen molar-refractivity contribution >= 4 is 24.5 Å². The number of cyclic esters (lactones) is 1. The topological polar surface area (TPSA) is 95.8 Å². The molecule has 1 N–H and O–H groups in total. The van der Waals surface area contributed by atoms with Gasteiger partial charge in [-0.15, -0.1) is 0 Å². The number of benzene rings is 2. The molecule has 33 heavy (non-hydrogen) atoms. The Balaban J connectivity index is 1.46. The van der Waals surface area contributed by atoms with Crippen molar-refractivity contribution in [2.75, 3.05) is 24.6 Å². The lowest BCUT2D eigenvalue weighted by atomic mass is 10.0. The largest absolute Gasteiger partial charge is 0.457 e. The van der Waals surface area contributed by atoms with Crippen molar-refractivity contribution in [2.24, 2.45) is 0 Å². The number of aromatic nitrogens is 1. The van der Waals surface area contributed by atoms with Crippen LogP contribution in [0.3, 0.4) is 0 Å². The first-order chi connectivity index (χ1) is 15.9. The second-order valence-corrected chi connectivity index (χ2v) is 7.63. The molecule has 1 atom stereocenters. The van der Waals surface area contributed by atoms with E-state index in [0.717, 1.165) is 17.0 Å². The molecule has 2 aromatic carbocycles. The van der Waals surface area contributed by atoms with Crippen molar-refractivity contribution in [2.45, 2.75) is 20.0 Å². The van der Waals surface area contributed by atoms with E-state index in [-0.39, 0.29) is 19.7 Å². The van der Waals surface area contributed by atoms with E-state index in [1.807, 2.05) is 26.0 Å². The summed E-state index contributed by atoms with van der Waals surface area (Å²) in [6.07, 6.45) is -1.26. The summed E-state index contributed by atoms with van der Waals surface area (Å²) in [7, 11) is 0. The van der Waals surface area contributed by atoms with E-state index in [1.54, 1.807) is 24.3 Å². The molecule has 0 bridgehead atoms. The number of nitrogens with one attached hydrogen (secondary N) is 1. The Labute approximate surface area is 189 Å². The van der Waals surface area contributed by atoms with Crippen LogP contribution in [0.15, 0.2) is 46.9 Å². The predicted octanol–water partition coefficient (Wildman–Crippen LogP) is 2.41. The van der Waals surface area contributed by atoms with E-state index in [4.69, 9.17) is 13.9 Å². The zero-order valence-corrected chi connectivity index (χ0v) is 18.3. The molecule has 2 heterocycles. The number of rotatable bonds is 7. The van der Waals surface area contributed by atoms with E-state index in [2.05, 4.69) is 16.7 Å². The first-order valence-electron chi connectivity index (χ1n) is 10.3. The number of nitrogens with zero attached hydrogens (tertiary/aromatic N) is 2. The fourth-order valence-electron chi connectivity index (χ4n) is 3.45. The Morgan fingerprint density at radius 3 is 2.61 bits per heavy atom. The van der Waals surface area contributed by atoms with Gasteiger partial charge in [0.05, 0.1) is 17.9 Å². The number of carbonyl (C=O) groups is 2. The number of hydrogen-bond donors (Lipinski definition) is 1. The molecule has 1 fully saturated rings. The van der Waals surface area contributed by atoms with Crippen LogP contribution in [0.25, 0.3) is 22.6 Å². The number of aryl methyl sites for hydroxylation is 2. The first-order valence-corrected chi connectivity index (χ1v) is 10.3. The lowest BCUT2D eigenvalue weighted by Gasteiger charge is -2.14. The SMILES string of the molecule is C=[NH+]CC(=O)OC[C@H]1CN(c2ccc(-c3ccc(-c4nc(C)c(C)o4)cc3)c(F)c2)C(=O)O1. The van der Waals surface area contributed by atoms with Crippen LogP contribution < -0.4 is 9.89 Å². The number of oxazole rings is 1. The van der Waals surface area contributed by atoms with Crippen LogP contribution in [0.2, 0.25) is 0 Å². The fourth-order valence-corrected chi connectivity index (χ4v) is 3.45. The van der Waals surface area contributed by atoms with E-state index in [0.29, 0.717) is 22.7 Å². The molecule has 0 spiro atoms.